The molecule has 0 fully saturated rings. The summed E-state index contributed by atoms with van der Waals surface area (Å²) in [6.07, 6.45) is 0.527. The van der Waals surface area contributed by atoms with E-state index in [1.807, 2.05) is 36.2 Å². The predicted molar refractivity (Wildman–Crippen MR) is 88.3 cm³/mol. The lowest BCUT2D eigenvalue weighted by molar-refractivity contribution is -0.133. The number of carbonyl (C=O) groups is 1. The third kappa shape index (κ3) is 4.41. The molecule has 1 aromatic heterocycles. The Kier molecular flexibility index (Phi) is 5.96. The maximum absolute atomic E-state index is 12.5. The lowest BCUT2D eigenvalue weighted by Gasteiger charge is -2.29. The van der Waals surface area contributed by atoms with Crippen molar-refractivity contribution < 1.29 is 4.79 Å². The average Bonchev–Trinajstić information content (AvgIpc) is 3.05. The van der Waals surface area contributed by atoms with Crippen LogP contribution in [0.4, 0.5) is 0 Å². The van der Waals surface area contributed by atoms with Crippen molar-refractivity contribution in [2.24, 2.45) is 0 Å². The van der Waals surface area contributed by atoms with E-state index in [9.17, 15) is 4.79 Å². The van der Waals surface area contributed by atoms with Gasteiger partial charge in [0.05, 0.1) is 6.04 Å². The van der Waals surface area contributed by atoms with Crippen molar-refractivity contribution in [1.82, 2.24) is 10.2 Å². The largest absolute Gasteiger partial charge is 0.331 e. The van der Waals surface area contributed by atoms with E-state index in [1.54, 1.807) is 11.3 Å². The Labute approximate surface area is 130 Å². The summed E-state index contributed by atoms with van der Waals surface area (Å²) in [5.41, 5.74) is 1.17. The molecule has 0 spiro atoms. The van der Waals surface area contributed by atoms with E-state index in [2.05, 4.69) is 35.8 Å². The first-order chi connectivity index (χ1) is 10.2. The van der Waals surface area contributed by atoms with Crippen LogP contribution >= 0.6 is 11.3 Å². The highest BCUT2D eigenvalue weighted by Gasteiger charge is 2.21. The molecule has 1 aromatic carbocycles. The van der Waals surface area contributed by atoms with E-state index < -0.39 is 0 Å². The number of carbonyl (C=O) groups excluding carboxylic acids is 1. The Morgan fingerprint density at radius 2 is 2.00 bits per heavy atom. The van der Waals surface area contributed by atoms with Crippen molar-refractivity contribution in [3.05, 3.63) is 58.3 Å². The molecule has 21 heavy (non-hydrogen) atoms. The van der Waals surface area contributed by atoms with Crippen LogP contribution in [-0.2, 0) is 11.3 Å². The Hall–Kier alpha value is -1.65. The molecular weight excluding hydrogens is 280 g/mol. The van der Waals surface area contributed by atoms with Gasteiger partial charge >= 0.3 is 0 Å². The molecule has 1 heterocycles. The number of hydrogen-bond acceptors (Lipinski definition) is 3. The number of rotatable bonds is 7. The van der Waals surface area contributed by atoms with Crippen LogP contribution in [0.3, 0.4) is 0 Å². The van der Waals surface area contributed by atoms with Crippen LogP contribution in [0.2, 0.25) is 0 Å². The minimum atomic E-state index is 0.106. The zero-order valence-corrected chi connectivity index (χ0v) is 13.4. The summed E-state index contributed by atoms with van der Waals surface area (Å²) in [5, 5.41) is 5.11. The summed E-state index contributed by atoms with van der Waals surface area (Å²) in [6.45, 7) is 3.47. The number of thiophene rings is 1. The molecule has 0 radical (unpaired) electrons. The number of hydrogen-bond donors (Lipinski definition) is 1. The fraction of sp³-hybridized carbons (Fsp3) is 0.353. The summed E-state index contributed by atoms with van der Waals surface area (Å²) in [7, 11) is 1.87. The van der Waals surface area contributed by atoms with Gasteiger partial charge in [0.2, 0.25) is 5.91 Å². The summed E-state index contributed by atoms with van der Waals surface area (Å²) in [6, 6.07) is 14.4. The fourth-order valence-electron chi connectivity index (χ4n) is 2.28. The molecule has 0 aliphatic heterocycles. The third-order valence-corrected chi connectivity index (χ3v) is 4.57. The van der Waals surface area contributed by atoms with Gasteiger partial charge in [-0.2, -0.15) is 0 Å². The third-order valence-electron chi connectivity index (χ3n) is 3.53. The molecule has 0 bridgehead atoms. The Balaban J connectivity index is 2.15. The second-order valence-electron chi connectivity index (χ2n) is 5.05. The van der Waals surface area contributed by atoms with Crippen LogP contribution in [0, 0.1) is 0 Å². The number of amides is 1. The molecule has 0 aliphatic rings. The molecule has 112 valence electrons. The van der Waals surface area contributed by atoms with Gasteiger partial charge in [0.25, 0.3) is 0 Å². The van der Waals surface area contributed by atoms with Gasteiger partial charge < -0.3 is 10.2 Å². The van der Waals surface area contributed by atoms with Gasteiger partial charge in [-0.15, -0.1) is 11.3 Å². The molecule has 1 unspecified atom stereocenters. The zero-order chi connectivity index (χ0) is 15.1. The maximum atomic E-state index is 12.5. The first-order valence-corrected chi connectivity index (χ1v) is 8.11. The van der Waals surface area contributed by atoms with Crippen LogP contribution in [-0.4, -0.2) is 24.4 Å². The second kappa shape index (κ2) is 7.96. The Morgan fingerprint density at radius 3 is 2.62 bits per heavy atom. The van der Waals surface area contributed by atoms with Gasteiger partial charge in [0, 0.05) is 24.4 Å². The van der Waals surface area contributed by atoms with E-state index in [-0.39, 0.29) is 11.9 Å². The highest BCUT2D eigenvalue weighted by Crippen LogP contribution is 2.26. The van der Waals surface area contributed by atoms with Gasteiger partial charge in [-0.25, -0.2) is 0 Å². The van der Waals surface area contributed by atoms with Crippen molar-refractivity contribution >= 4 is 17.2 Å². The molecular formula is C17H22N2OS. The Morgan fingerprint density at radius 1 is 1.24 bits per heavy atom. The quantitative estimate of drug-likeness (QED) is 0.849. The van der Waals surface area contributed by atoms with Crippen molar-refractivity contribution in [3.63, 3.8) is 0 Å². The first-order valence-electron chi connectivity index (χ1n) is 7.23. The normalized spacial score (nSPS) is 12.1. The van der Waals surface area contributed by atoms with Crippen LogP contribution in [0.5, 0.6) is 0 Å². The lowest BCUT2D eigenvalue weighted by Crippen LogP contribution is -2.34. The molecule has 1 amide bonds. The Bertz CT molecular complexity index is 539. The number of nitrogens with one attached hydrogen (secondary N) is 1. The van der Waals surface area contributed by atoms with Gasteiger partial charge in [0.15, 0.2) is 0 Å². The first kappa shape index (κ1) is 15.7. The minimum absolute atomic E-state index is 0.106. The van der Waals surface area contributed by atoms with Gasteiger partial charge in [-0.05, 0) is 31.0 Å². The smallest absolute Gasteiger partial charge is 0.224 e. The minimum Gasteiger partial charge on any atom is -0.331 e. The molecule has 3 nitrogen and oxygen atoms in total. The monoisotopic (exact) mass is 302 g/mol. The van der Waals surface area contributed by atoms with E-state index in [0.29, 0.717) is 19.5 Å². The van der Waals surface area contributed by atoms with Gasteiger partial charge in [-0.1, -0.05) is 36.4 Å². The van der Waals surface area contributed by atoms with Crippen LogP contribution in [0.25, 0.3) is 0 Å². The highest BCUT2D eigenvalue weighted by molar-refractivity contribution is 7.10. The van der Waals surface area contributed by atoms with Crippen molar-refractivity contribution in [1.29, 1.82) is 0 Å². The SMILES string of the molecule is CNCCC(=O)N(Cc1ccccc1)C(C)c1cccs1. The second-order valence-corrected chi connectivity index (χ2v) is 6.03. The number of benzene rings is 1. The summed E-state index contributed by atoms with van der Waals surface area (Å²) in [5.74, 6) is 0.189. The van der Waals surface area contributed by atoms with Crippen LogP contribution in [0.1, 0.15) is 29.8 Å². The average molecular weight is 302 g/mol. The lowest BCUT2D eigenvalue weighted by atomic mass is 10.1. The van der Waals surface area contributed by atoms with Crippen molar-refractivity contribution in [2.75, 3.05) is 13.6 Å². The predicted octanol–water partition coefficient (Wildman–Crippen LogP) is 3.45. The number of nitrogens with zero attached hydrogens (tertiary/aromatic N) is 1. The molecule has 1 atom stereocenters. The van der Waals surface area contributed by atoms with E-state index >= 15 is 0 Å². The van der Waals surface area contributed by atoms with Gasteiger partial charge in [-0.3, -0.25) is 4.79 Å². The molecule has 2 rings (SSSR count). The topological polar surface area (TPSA) is 32.3 Å². The summed E-state index contributed by atoms with van der Waals surface area (Å²) < 4.78 is 0. The zero-order valence-electron chi connectivity index (χ0n) is 12.6. The summed E-state index contributed by atoms with van der Waals surface area (Å²) in [4.78, 5) is 15.7. The van der Waals surface area contributed by atoms with E-state index in [1.165, 1.54) is 10.4 Å². The molecule has 0 saturated carbocycles. The summed E-state index contributed by atoms with van der Waals surface area (Å²) >= 11 is 1.70. The standard InChI is InChI=1S/C17H22N2OS/c1-14(16-9-6-12-21-16)19(17(20)10-11-18-2)13-15-7-4-3-5-8-15/h3-9,12,14,18H,10-11,13H2,1-2H3. The molecule has 0 saturated heterocycles. The van der Waals surface area contributed by atoms with Crippen LogP contribution in [0.15, 0.2) is 47.8 Å². The fourth-order valence-corrected chi connectivity index (χ4v) is 3.07. The molecule has 0 aliphatic carbocycles. The maximum Gasteiger partial charge on any atom is 0.224 e. The van der Waals surface area contributed by atoms with E-state index in [4.69, 9.17) is 0 Å². The van der Waals surface area contributed by atoms with E-state index in [0.717, 1.165) is 0 Å². The molecule has 2 aromatic rings. The van der Waals surface area contributed by atoms with Crippen molar-refractivity contribution in [2.45, 2.75) is 25.9 Å². The van der Waals surface area contributed by atoms with Crippen LogP contribution < -0.4 is 5.32 Å². The molecule has 4 heteroatoms. The van der Waals surface area contributed by atoms with Gasteiger partial charge in [0.1, 0.15) is 0 Å². The molecule has 1 N–H and O–H groups in total. The highest BCUT2D eigenvalue weighted by atomic mass is 32.1. The van der Waals surface area contributed by atoms with Crippen molar-refractivity contribution in [3.8, 4) is 0 Å².